The molecule has 112 valence electrons. The molecule has 0 saturated carbocycles. The smallest absolute Gasteiger partial charge is 0.383 e. The van der Waals surface area contributed by atoms with Crippen molar-refractivity contribution in [3.63, 3.8) is 0 Å². The zero-order valence-electron chi connectivity index (χ0n) is 11.8. The van der Waals surface area contributed by atoms with E-state index in [0.717, 1.165) is 31.1 Å². The van der Waals surface area contributed by atoms with Crippen LogP contribution in [0.5, 0.6) is 0 Å². The fraction of sp³-hybridized carbons (Fsp3) is 0.467. The van der Waals surface area contributed by atoms with Gasteiger partial charge in [-0.1, -0.05) is 18.2 Å². The summed E-state index contributed by atoms with van der Waals surface area (Å²) in [6.45, 7) is 3.97. The molecule has 0 saturated heterocycles. The summed E-state index contributed by atoms with van der Waals surface area (Å²) in [5.74, 6) is 0. The Bertz CT molecular complexity index is 441. The van der Waals surface area contributed by atoms with Crippen LogP contribution >= 0.6 is 0 Å². The first-order valence-electron chi connectivity index (χ1n) is 6.49. The molecule has 1 aromatic carbocycles. The van der Waals surface area contributed by atoms with E-state index in [-0.39, 0.29) is 0 Å². The molecule has 0 fully saturated rings. The van der Waals surface area contributed by atoms with Gasteiger partial charge in [0.1, 0.15) is 0 Å². The zero-order chi connectivity index (χ0) is 15.0. The lowest BCUT2D eigenvalue weighted by Gasteiger charge is -2.09. The third kappa shape index (κ3) is 5.75. The summed E-state index contributed by atoms with van der Waals surface area (Å²) >= 11 is 0. The molecule has 1 rings (SSSR count). The Morgan fingerprint density at radius 1 is 1.25 bits per heavy atom. The number of nitrogens with one attached hydrogen (secondary N) is 1. The number of ether oxygens (including phenoxy) is 1. The van der Waals surface area contributed by atoms with Crippen LogP contribution in [0.15, 0.2) is 24.3 Å². The highest BCUT2D eigenvalue weighted by Crippen LogP contribution is 2.30. The van der Waals surface area contributed by atoms with Gasteiger partial charge in [-0.05, 0) is 43.1 Å². The van der Waals surface area contributed by atoms with Crippen molar-refractivity contribution in [2.75, 3.05) is 26.8 Å². The van der Waals surface area contributed by atoms with Gasteiger partial charge in [0.05, 0.1) is 12.2 Å². The predicted octanol–water partition coefficient (Wildman–Crippen LogP) is 3.65. The van der Waals surface area contributed by atoms with Gasteiger partial charge in [0.15, 0.2) is 0 Å². The van der Waals surface area contributed by atoms with Gasteiger partial charge in [-0.15, -0.1) is 0 Å². The second-order valence-electron chi connectivity index (χ2n) is 4.50. The lowest BCUT2D eigenvalue weighted by molar-refractivity contribution is -0.137. The van der Waals surface area contributed by atoms with Crippen molar-refractivity contribution in [3.05, 3.63) is 41.0 Å². The number of halogens is 3. The molecular weight excluding hydrogens is 267 g/mol. The second-order valence-corrected chi connectivity index (χ2v) is 4.50. The Morgan fingerprint density at radius 3 is 2.60 bits per heavy atom. The minimum atomic E-state index is -4.28. The van der Waals surface area contributed by atoms with E-state index >= 15 is 0 Å². The van der Waals surface area contributed by atoms with E-state index in [1.54, 1.807) is 14.0 Å². The van der Waals surface area contributed by atoms with Crippen LogP contribution in [0.25, 0.3) is 6.08 Å². The van der Waals surface area contributed by atoms with Crippen LogP contribution in [0.2, 0.25) is 0 Å². The van der Waals surface area contributed by atoms with Gasteiger partial charge in [0.2, 0.25) is 0 Å². The molecule has 0 aromatic heterocycles. The summed E-state index contributed by atoms with van der Waals surface area (Å²) in [4.78, 5) is 0. The second kappa shape index (κ2) is 8.07. The summed E-state index contributed by atoms with van der Waals surface area (Å²) < 4.78 is 42.5. The maximum atomic E-state index is 12.5. The number of aryl methyl sites for hydroxylation is 1. The monoisotopic (exact) mass is 287 g/mol. The number of rotatable bonds is 7. The molecule has 0 unspecified atom stereocenters. The zero-order valence-corrected chi connectivity index (χ0v) is 11.8. The number of hydrogen-bond acceptors (Lipinski definition) is 2. The van der Waals surface area contributed by atoms with Crippen LogP contribution in [0.1, 0.15) is 23.1 Å². The SMILES string of the molecule is COCCNCC/C=C/c1ccc(C(F)(F)F)cc1C. The molecule has 0 atom stereocenters. The first kappa shape index (κ1) is 16.7. The normalized spacial score (nSPS) is 12.2. The summed E-state index contributed by atoms with van der Waals surface area (Å²) in [7, 11) is 1.65. The van der Waals surface area contributed by atoms with Crippen LogP contribution in [0.3, 0.4) is 0 Å². The largest absolute Gasteiger partial charge is 0.416 e. The topological polar surface area (TPSA) is 21.3 Å². The van der Waals surface area contributed by atoms with Gasteiger partial charge in [0, 0.05) is 13.7 Å². The number of alkyl halides is 3. The predicted molar refractivity (Wildman–Crippen MR) is 74.6 cm³/mol. The Balaban J connectivity index is 2.48. The van der Waals surface area contributed by atoms with Crippen molar-refractivity contribution in [1.82, 2.24) is 5.32 Å². The first-order chi connectivity index (χ1) is 9.45. The van der Waals surface area contributed by atoms with Gasteiger partial charge >= 0.3 is 6.18 Å². The number of methoxy groups -OCH3 is 1. The minimum absolute atomic E-state index is 0.603. The molecule has 0 bridgehead atoms. The minimum Gasteiger partial charge on any atom is -0.383 e. The highest BCUT2D eigenvalue weighted by Gasteiger charge is 2.30. The van der Waals surface area contributed by atoms with E-state index < -0.39 is 11.7 Å². The summed E-state index contributed by atoms with van der Waals surface area (Å²) in [6, 6.07) is 3.80. The highest BCUT2D eigenvalue weighted by molar-refractivity contribution is 5.54. The van der Waals surface area contributed by atoms with Crippen LogP contribution in [-0.4, -0.2) is 26.8 Å². The average molecular weight is 287 g/mol. The Morgan fingerprint density at radius 2 is 2.00 bits per heavy atom. The maximum absolute atomic E-state index is 12.5. The fourth-order valence-electron chi connectivity index (χ4n) is 1.73. The molecule has 0 heterocycles. The summed E-state index contributed by atoms with van der Waals surface area (Å²) in [5, 5.41) is 3.19. The molecule has 0 radical (unpaired) electrons. The van der Waals surface area contributed by atoms with Gasteiger partial charge in [-0.25, -0.2) is 0 Å². The van der Waals surface area contributed by atoms with Crippen molar-refractivity contribution >= 4 is 6.08 Å². The highest BCUT2D eigenvalue weighted by atomic mass is 19.4. The first-order valence-corrected chi connectivity index (χ1v) is 6.49. The van der Waals surface area contributed by atoms with E-state index in [0.29, 0.717) is 12.2 Å². The quantitative estimate of drug-likeness (QED) is 0.773. The third-order valence-electron chi connectivity index (χ3n) is 2.87. The van der Waals surface area contributed by atoms with Crippen molar-refractivity contribution in [3.8, 4) is 0 Å². The van der Waals surface area contributed by atoms with Gasteiger partial charge in [0.25, 0.3) is 0 Å². The molecule has 0 aliphatic heterocycles. The van der Waals surface area contributed by atoms with Crippen LogP contribution < -0.4 is 5.32 Å². The molecule has 5 heteroatoms. The molecule has 2 nitrogen and oxygen atoms in total. The van der Waals surface area contributed by atoms with Crippen LogP contribution in [0, 0.1) is 6.92 Å². The molecule has 0 aliphatic rings. The van der Waals surface area contributed by atoms with E-state index in [9.17, 15) is 13.2 Å². The Labute approximate surface area is 117 Å². The number of benzene rings is 1. The molecule has 0 spiro atoms. The Kier molecular flexibility index (Phi) is 6.75. The standard InChI is InChI=1S/C15H20F3NO/c1-12-11-14(15(16,17)18)7-6-13(12)5-3-4-8-19-9-10-20-2/h3,5-7,11,19H,4,8-10H2,1-2H3/b5-3+. The molecule has 1 aromatic rings. The van der Waals surface area contributed by atoms with E-state index in [2.05, 4.69) is 5.32 Å². The van der Waals surface area contributed by atoms with E-state index in [1.807, 2.05) is 12.2 Å². The third-order valence-corrected chi connectivity index (χ3v) is 2.87. The Hall–Kier alpha value is -1.33. The molecule has 20 heavy (non-hydrogen) atoms. The van der Waals surface area contributed by atoms with Crippen molar-refractivity contribution < 1.29 is 17.9 Å². The lowest BCUT2D eigenvalue weighted by atomic mass is 10.0. The van der Waals surface area contributed by atoms with Crippen molar-refractivity contribution in [1.29, 1.82) is 0 Å². The van der Waals surface area contributed by atoms with Gasteiger partial charge in [-0.2, -0.15) is 13.2 Å². The van der Waals surface area contributed by atoms with Crippen LogP contribution in [0.4, 0.5) is 13.2 Å². The average Bonchev–Trinajstić information content (AvgIpc) is 2.38. The van der Waals surface area contributed by atoms with Crippen molar-refractivity contribution in [2.45, 2.75) is 19.5 Å². The van der Waals surface area contributed by atoms with E-state index in [4.69, 9.17) is 4.74 Å². The lowest BCUT2D eigenvalue weighted by Crippen LogP contribution is -2.19. The summed E-state index contributed by atoms with van der Waals surface area (Å²) in [6.07, 6.45) is 0.353. The van der Waals surface area contributed by atoms with Crippen molar-refractivity contribution in [2.24, 2.45) is 0 Å². The fourth-order valence-corrected chi connectivity index (χ4v) is 1.73. The van der Waals surface area contributed by atoms with Crippen LogP contribution in [-0.2, 0) is 10.9 Å². The maximum Gasteiger partial charge on any atom is 0.416 e. The molecular formula is C15H20F3NO. The summed E-state index contributed by atoms with van der Waals surface area (Å²) in [5.41, 5.74) is 0.840. The molecule has 1 N–H and O–H groups in total. The molecule has 0 amide bonds. The van der Waals surface area contributed by atoms with E-state index in [1.165, 1.54) is 12.1 Å². The molecule has 0 aliphatic carbocycles. The van der Waals surface area contributed by atoms with Gasteiger partial charge in [-0.3, -0.25) is 0 Å². The van der Waals surface area contributed by atoms with Gasteiger partial charge < -0.3 is 10.1 Å². The number of hydrogen-bond donors (Lipinski definition) is 1.